The van der Waals surface area contributed by atoms with Gasteiger partial charge in [-0.05, 0) is 37.6 Å². The summed E-state index contributed by atoms with van der Waals surface area (Å²) in [6.07, 6.45) is -0.273. The second kappa shape index (κ2) is 5.58. The minimum absolute atomic E-state index is 0.0177. The molecule has 3 amide bonds. The Labute approximate surface area is 116 Å². The lowest BCUT2D eigenvalue weighted by atomic mass is 10.2. The van der Waals surface area contributed by atoms with Gasteiger partial charge in [-0.15, -0.1) is 0 Å². The van der Waals surface area contributed by atoms with Gasteiger partial charge < -0.3 is 5.11 Å². The van der Waals surface area contributed by atoms with E-state index < -0.39 is 24.0 Å². The van der Waals surface area contributed by atoms with Crippen molar-refractivity contribution >= 4 is 17.6 Å². The number of amides is 3. The van der Waals surface area contributed by atoms with Crippen LogP contribution in [0.2, 0.25) is 0 Å². The van der Waals surface area contributed by atoms with E-state index in [1.165, 1.54) is 29.2 Å². The van der Waals surface area contributed by atoms with Gasteiger partial charge in [0.05, 0.1) is 12.6 Å². The molecule has 2 rings (SSSR count). The Bertz CT molecular complexity index is 518. The summed E-state index contributed by atoms with van der Waals surface area (Å²) in [6.45, 7) is 3.37. The quantitative estimate of drug-likeness (QED) is 0.855. The molecule has 6 heteroatoms. The van der Waals surface area contributed by atoms with E-state index in [0.717, 1.165) is 4.90 Å². The van der Waals surface area contributed by atoms with Crippen molar-refractivity contribution in [1.82, 2.24) is 4.90 Å². The molecule has 0 radical (unpaired) electrons. The monoisotopic (exact) mass is 280 g/mol. The topological polar surface area (TPSA) is 60.9 Å². The fourth-order valence-electron chi connectivity index (χ4n) is 2.17. The molecule has 1 aromatic rings. The summed E-state index contributed by atoms with van der Waals surface area (Å²) >= 11 is 0. The number of imide groups is 1. The fourth-order valence-corrected chi connectivity index (χ4v) is 2.17. The second-order valence-corrected chi connectivity index (χ2v) is 4.82. The molecule has 0 unspecified atom stereocenters. The van der Waals surface area contributed by atoms with Gasteiger partial charge in [-0.3, -0.25) is 14.6 Å². The van der Waals surface area contributed by atoms with E-state index in [-0.39, 0.29) is 12.5 Å². The van der Waals surface area contributed by atoms with Crippen LogP contribution >= 0.6 is 0 Å². The highest BCUT2D eigenvalue weighted by atomic mass is 19.1. The van der Waals surface area contributed by atoms with Crippen LogP contribution in [0.4, 0.5) is 14.9 Å². The summed E-state index contributed by atoms with van der Waals surface area (Å²) < 4.78 is 12.9. The van der Waals surface area contributed by atoms with E-state index in [0.29, 0.717) is 12.1 Å². The lowest BCUT2D eigenvalue weighted by molar-refractivity contribution is -0.127. The zero-order valence-corrected chi connectivity index (χ0v) is 11.4. The molecule has 0 aliphatic carbocycles. The lowest BCUT2D eigenvalue weighted by Crippen LogP contribution is -2.38. The first-order valence-corrected chi connectivity index (χ1v) is 6.54. The molecule has 0 aromatic heterocycles. The zero-order chi connectivity index (χ0) is 14.9. The summed E-state index contributed by atoms with van der Waals surface area (Å²) in [5.74, 6) is -0.760. The van der Waals surface area contributed by atoms with Gasteiger partial charge >= 0.3 is 6.03 Å². The highest BCUT2D eigenvalue weighted by Crippen LogP contribution is 2.26. The Balaban J connectivity index is 2.25. The molecular weight excluding hydrogens is 263 g/mol. The molecule has 1 aromatic carbocycles. The third-order valence-electron chi connectivity index (χ3n) is 3.42. The predicted octanol–water partition coefficient (Wildman–Crippen LogP) is 1.75. The Morgan fingerprint density at radius 2 is 1.90 bits per heavy atom. The minimum atomic E-state index is -0.733. The number of urea groups is 1. The number of halogens is 1. The van der Waals surface area contributed by atoms with Crippen LogP contribution in [0.15, 0.2) is 24.3 Å². The van der Waals surface area contributed by atoms with Crippen molar-refractivity contribution in [2.24, 2.45) is 0 Å². The van der Waals surface area contributed by atoms with E-state index in [9.17, 15) is 19.1 Å². The van der Waals surface area contributed by atoms with Crippen molar-refractivity contribution in [3.05, 3.63) is 30.1 Å². The summed E-state index contributed by atoms with van der Waals surface area (Å²) in [4.78, 5) is 26.7. The molecule has 1 aliphatic rings. The Morgan fingerprint density at radius 3 is 2.45 bits per heavy atom. The van der Waals surface area contributed by atoms with Crippen molar-refractivity contribution < 1.29 is 19.1 Å². The van der Waals surface area contributed by atoms with Crippen molar-refractivity contribution in [2.75, 3.05) is 11.4 Å². The molecule has 0 saturated carbocycles. The average molecular weight is 280 g/mol. The maximum atomic E-state index is 12.9. The van der Waals surface area contributed by atoms with Gasteiger partial charge in [-0.2, -0.15) is 0 Å². The van der Waals surface area contributed by atoms with E-state index in [2.05, 4.69) is 0 Å². The van der Waals surface area contributed by atoms with Crippen LogP contribution in [0.1, 0.15) is 20.3 Å². The largest absolute Gasteiger partial charge is 0.391 e. The van der Waals surface area contributed by atoms with Gasteiger partial charge in [-0.25, -0.2) is 9.18 Å². The summed E-state index contributed by atoms with van der Waals surface area (Å²) in [5, 5.41) is 9.62. The smallest absolute Gasteiger partial charge is 0.332 e. The number of β-amino-alcohol motifs (C(OH)–C–C–N with tert-alkyl or cyclic N) is 1. The molecule has 1 fully saturated rings. The SMILES string of the molecule is CC[C@@H](O)CN1C(=O)[C@H](C)N(c2ccc(F)cc2)C1=O. The van der Waals surface area contributed by atoms with Gasteiger partial charge in [0.15, 0.2) is 0 Å². The zero-order valence-electron chi connectivity index (χ0n) is 11.4. The Morgan fingerprint density at radius 1 is 1.30 bits per heavy atom. The molecule has 0 bridgehead atoms. The van der Waals surface area contributed by atoms with Gasteiger partial charge in [0.2, 0.25) is 0 Å². The molecule has 1 saturated heterocycles. The maximum absolute atomic E-state index is 12.9. The van der Waals surface area contributed by atoms with Gasteiger partial charge in [0, 0.05) is 5.69 Å². The molecule has 1 aliphatic heterocycles. The highest BCUT2D eigenvalue weighted by molar-refractivity contribution is 6.14. The summed E-state index contributed by atoms with van der Waals surface area (Å²) in [7, 11) is 0. The number of carbonyl (C=O) groups is 2. The van der Waals surface area contributed by atoms with Crippen LogP contribution in [0.25, 0.3) is 0 Å². The predicted molar refractivity (Wildman–Crippen MR) is 71.7 cm³/mol. The van der Waals surface area contributed by atoms with Gasteiger partial charge in [0.1, 0.15) is 11.9 Å². The standard InChI is InChI=1S/C14H17FN2O3/c1-3-12(18)8-16-13(19)9(2)17(14(16)20)11-6-4-10(15)5-7-11/h4-7,9,12,18H,3,8H2,1-2H3/t9-,12+/m0/s1. The van der Waals surface area contributed by atoms with E-state index in [4.69, 9.17) is 0 Å². The van der Waals surface area contributed by atoms with Crippen molar-refractivity contribution in [3.63, 3.8) is 0 Å². The van der Waals surface area contributed by atoms with E-state index >= 15 is 0 Å². The van der Waals surface area contributed by atoms with Crippen LogP contribution in [-0.4, -0.2) is 40.6 Å². The van der Waals surface area contributed by atoms with Crippen molar-refractivity contribution in [1.29, 1.82) is 0 Å². The minimum Gasteiger partial charge on any atom is -0.391 e. The molecule has 5 nitrogen and oxygen atoms in total. The first-order chi connectivity index (χ1) is 9.45. The Hall–Kier alpha value is -1.95. The van der Waals surface area contributed by atoms with Gasteiger partial charge in [-0.1, -0.05) is 6.92 Å². The molecule has 1 N–H and O–H groups in total. The second-order valence-electron chi connectivity index (χ2n) is 4.82. The summed E-state index contributed by atoms with van der Waals surface area (Å²) in [5.41, 5.74) is 0.464. The van der Waals surface area contributed by atoms with Crippen molar-refractivity contribution in [3.8, 4) is 0 Å². The first-order valence-electron chi connectivity index (χ1n) is 6.54. The van der Waals surface area contributed by atoms with E-state index in [1.54, 1.807) is 13.8 Å². The highest BCUT2D eigenvalue weighted by Gasteiger charge is 2.43. The van der Waals surface area contributed by atoms with Gasteiger partial charge in [0.25, 0.3) is 5.91 Å². The van der Waals surface area contributed by atoms with Crippen molar-refractivity contribution in [2.45, 2.75) is 32.4 Å². The third kappa shape index (κ3) is 2.51. The Kier molecular flexibility index (Phi) is 4.04. The molecule has 108 valence electrons. The lowest BCUT2D eigenvalue weighted by Gasteiger charge is -2.20. The number of benzene rings is 1. The number of anilines is 1. The number of hydrogen-bond acceptors (Lipinski definition) is 3. The number of rotatable bonds is 4. The first kappa shape index (κ1) is 14.5. The third-order valence-corrected chi connectivity index (χ3v) is 3.42. The number of aliphatic hydroxyl groups excluding tert-OH is 1. The molecule has 1 heterocycles. The number of carbonyl (C=O) groups excluding carboxylic acids is 2. The summed E-state index contributed by atoms with van der Waals surface area (Å²) in [6, 6.07) is 4.25. The van der Waals surface area contributed by atoms with Crippen LogP contribution in [-0.2, 0) is 4.79 Å². The molecular formula is C14H17FN2O3. The molecule has 0 spiro atoms. The number of aliphatic hydroxyl groups is 1. The average Bonchev–Trinajstić information content (AvgIpc) is 2.64. The molecule has 2 atom stereocenters. The van der Waals surface area contributed by atoms with Crippen LogP contribution in [0, 0.1) is 5.82 Å². The maximum Gasteiger partial charge on any atom is 0.332 e. The van der Waals surface area contributed by atoms with Crippen LogP contribution in [0.5, 0.6) is 0 Å². The van der Waals surface area contributed by atoms with Crippen LogP contribution < -0.4 is 4.90 Å². The fraction of sp³-hybridized carbons (Fsp3) is 0.429. The molecule has 20 heavy (non-hydrogen) atoms. The van der Waals surface area contributed by atoms with Crippen LogP contribution in [0.3, 0.4) is 0 Å². The number of nitrogens with zero attached hydrogens (tertiary/aromatic N) is 2. The van der Waals surface area contributed by atoms with E-state index in [1.807, 2.05) is 0 Å². The normalized spacial score (nSPS) is 20.7. The number of hydrogen-bond donors (Lipinski definition) is 1.